The van der Waals surface area contributed by atoms with Crippen molar-refractivity contribution >= 4 is 18.6 Å². The molecule has 0 aliphatic heterocycles. The Bertz CT molecular complexity index is 272. The summed E-state index contributed by atoms with van der Waals surface area (Å²) >= 11 is 0.973. The molecule has 0 amide bonds. The number of rotatable bonds is 3. The maximum Gasteiger partial charge on any atom is 0.583 e. The Balaban J connectivity index is 2.53. The lowest BCUT2D eigenvalue weighted by Crippen LogP contribution is -1.76. The Labute approximate surface area is 75.0 Å². The van der Waals surface area contributed by atoms with Crippen LogP contribution in [0.5, 0.6) is 5.75 Å². The first-order valence-electron chi connectivity index (χ1n) is 3.25. The third-order valence-electron chi connectivity index (χ3n) is 1.28. The predicted octanol–water partition coefficient (Wildman–Crippen LogP) is 2.28. The van der Waals surface area contributed by atoms with Crippen LogP contribution in [0, 0.1) is 0 Å². The molecule has 0 saturated heterocycles. The molecule has 0 spiro atoms. The molecular formula is C7H8O3PS+. The normalized spacial score (nSPS) is 11.2. The van der Waals surface area contributed by atoms with E-state index in [1.54, 1.807) is 24.3 Å². The highest BCUT2D eigenvalue weighted by Crippen LogP contribution is 2.35. The Morgan fingerprint density at radius 3 is 2.42 bits per heavy atom. The minimum absolute atomic E-state index is 0.206. The summed E-state index contributed by atoms with van der Waals surface area (Å²) in [6.07, 6.45) is 0. The van der Waals surface area contributed by atoms with Crippen molar-refractivity contribution in [2.24, 2.45) is 0 Å². The fourth-order valence-electron chi connectivity index (χ4n) is 0.722. The summed E-state index contributed by atoms with van der Waals surface area (Å²) in [5.74, 6) is 0.698. The van der Waals surface area contributed by atoms with Crippen molar-refractivity contribution in [1.82, 2.24) is 0 Å². The topological polar surface area (TPSA) is 57.5 Å². The first-order valence-corrected chi connectivity index (χ1v) is 6.06. The van der Waals surface area contributed by atoms with Crippen molar-refractivity contribution in [3.05, 3.63) is 29.8 Å². The molecule has 0 radical (unpaired) electrons. The molecule has 64 valence electrons. The number of hydrogen-bond acceptors (Lipinski definition) is 3. The van der Waals surface area contributed by atoms with Crippen LogP contribution in [0.15, 0.2) is 24.3 Å². The fourth-order valence-corrected chi connectivity index (χ4v) is 1.95. The number of phenolic OH excluding ortho intramolecular Hbond substituents is 1. The van der Waals surface area contributed by atoms with Crippen LogP contribution in [-0.4, -0.2) is 10.00 Å². The average Bonchev–Trinajstić information content (AvgIpc) is 2.03. The lowest BCUT2D eigenvalue weighted by Gasteiger charge is -1.93. The number of aromatic hydroxyl groups is 1. The minimum atomic E-state index is -2.13. The van der Waals surface area contributed by atoms with Gasteiger partial charge in [-0.1, -0.05) is 12.1 Å². The summed E-state index contributed by atoms with van der Waals surface area (Å²) in [7, 11) is -2.13. The summed E-state index contributed by atoms with van der Waals surface area (Å²) < 4.78 is 10.3. The molecule has 5 heteroatoms. The molecule has 1 atom stereocenters. The number of hydrogen-bond donors (Lipinski definition) is 2. The van der Waals surface area contributed by atoms with Crippen LogP contribution < -0.4 is 0 Å². The molecule has 12 heavy (non-hydrogen) atoms. The van der Waals surface area contributed by atoms with Crippen LogP contribution in [0.4, 0.5) is 0 Å². The summed E-state index contributed by atoms with van der Waals surface area (Å²) in [6, 6.07) is 6.56. The Morgan fingerprint density at radius 1 is 1.33 bits per heavy atom. The standard InChI is InChI=1S/C7H7O3PS/c8-7-3-1-6(2-4-7)5-12-11(9)10/h1-4H,5H2,(H-,8,9,10)/p+1. The molecule has 0 fully saturated rings. The Kier molecular flexibility index (Phi) is 3.53. The van der Waals surface area contributed by atoms with Gasteiger partial charge >= 0.3 is 7.23 Å². The van der Waals surface area contributed by atoms with E-state index >= 15 is 0 Å². The molecule has 1 unspecified atom stereocenters. The van der Waals surface area contributed by atoms with Gasteiger partial charge in [-0.3, -0.25) is 0 Å². The van der Waals surface area contributed by atoms with Crippen molar-refractivity contribution < 1.29 is 14.6 Å². The van der Waals surface area contributed by atoms with Crippen molar-refractivity contribution in [1.29, 1.82) is 0 Å². The van der Waals surface area contributed by atoms with Gasteiger partial charge in [0.2, 0.25) is 0 Å². The van der Waals surface area contributed by atoms with E-state index in [0.29, 0.717) is 5.75 Å². The minimum Gasteiger partial charge on any atom is -0.508 e. The van der Waals surface area contributed by atoms with E-state index in [2.05, 4.69) is 0 Å². The monoisotopic (exact) mass is 203 g/mol. The quantitative estimate of drug-likeness (QED) is 0.740. The second-order valence-corrected chi connectivity index (χ2v) is 4.91. The summed E-state index contributed by atoms with van der Waals surface area (Å²) in [4.78, 5) is 8.49. The molecule has 1 aromatic carbocycles. The van der Waals surface area contributed by atoms with Crippen molar-refractivity contribution in [2.75, 3.05) is 0 Å². The van der Waals surface area contributed by atoms with Gasteiger partial charge in [0.25, 0.3) is 0 Å². The highest BCUT2D eigenvalue weighted by atomic mass is 32.7. The molecule has 0 bridgehead atoms. The molecule has 0 saturated carbocycles. The summed E-state index contributed by atoms with van der Waals surface area (Å²) in [5.41, 5.74) is 0.926. The van der Waals surface area contributed by atoms with Gasteiger partial charge in [0.1, 0.15) is 5.75 Å². The van der Waals surface area contributed by atoms with Crippen LogP contribution in [0.1, 0.15) is 5.56 Å². The highest BCUT2D eigenvalue weighted by Gasteiger charge is 2.12. The van der Waals surface area contributed by atoms with E-state index in [9.17, 15) is 4.57 Å². The largest absolute Gasteiger partial charge is 0.583 e. The lowest BCUT2D eigenvalue weighted by molar-refractivity contribution is 0.475. The van der Waals surface area contributed by atoms with Crippen molar-refractivity contribution in [2.45, 2.75) is 5.75 Å². The molecule has 0 aliphatic carbocycles. The van der Waals surface area contributed by atoms with E-state index in [0.717, 1.165) is 16.9 Å². The smallest absolute Gasteiger partial charge is 0.508 e. The highest BCUT2D eigenvalue weighted by molar-refractivity contribution is 8.49. The summed E-state index contributed by atoms with van der Waals surface area (Å²) in [6.45, 7) is 0. The van der Waals surface area contributed by atoms with E-state index in [-0.39, 0.29) is 5.75 Å². The van der Waals surface area contributed by atoms with Crippen LogP contribution in [0.2, 0.25) is 0 Å². The van der Waals surface area contributed by atoms with E-state index < -0.39 is 7.23 Å². The zero-order valence-corrected chi connectivity index (χ0v) is 7.89. The van der Waals surface area contributed by atoms with Gasteiger partial charge in [-0.15, -0.1) is 0 Å². The molecule has 0 aromatic heterocycles. The van der Waals surface area contributed by atoms with Gasteiger partial charge in [0.15, 0.2) is 11.4 Å². The fraction of sp³-hybridized carbons (Fsp3) is 0.143. The second-order valence-electron chi connectivity index (χ2n) is 2.18. The molecule has 2 N–H and O–H groups in total. The van der Waals surface area contributed by atoms with Crippen molar-refractivity contribution in [3.63, 3.8) is 0 Å². The zero-order valence-electron chi connectivity index (χ0n) is 6.17. The zero-order chi connectivity index (χ0) is 8.97. The Hall–Kier alpha value is -0.570. The predicted molar refractivity (Wildman–Crippen MR) is 49.2 cm³/mol. The van der Waals surface area contributed by atoms with E-state index in [4.69, 9.17) is 10.00 Å². The lowest BCUT2D eigenvalue weighted by atomic mass is 10.2. The Morgan fingerprint density at radius 2 is 1.92 bits per heavy atom. The number of benzene rings is 1. The van der Waals surface area contributed by atoms with Crippen molar-refractivity contribution in [3.8, 4) is 5.75 Å². The molecule has 0 heterocycles. The first-order chi connectivity index (χ1) is 5.68. The van der Waals surface area contributed by atoms with Gasteiger partial charge in [0, 0.05) is 0 Å². The van der Waals surface area contributed by atoms with E-state index in [1.165, 1.54) is 0 Å². The average molecular weight is 203 g/mol. The third kappa shape index (κ3) is 3.22. The second kappa shape index (κ2) is 4.45. The molecule has 3 nitrogen and oxygen atoms in total. The van der Waals surface area contributed by atoms with E-state index in [1.807, 2.05) is 0 Å². The van der Waals surface area contributed by atoms with Crippen LogP contribution >= 0.6 is 18.6 Å². The van der Waals surface area contributed by atoms with Gasteiger partial charge < -0.3 is 5.11 Å². The van der Waals surface area contributed by atoms with Gasteiger partial charge in [0.05, 0.1) is 5.75 Å². The molecule has 0 aliphatic rings. The van der Waals surface area contributed by atoms with Crippen LogP contribution in [0.25, 0.3) is 0 Å². The molecular weight excluding hydrogens is 195 g/mol. The van der Waals surface area contributed by atoms with Crippen LogP contribution in [0.3, 0.4) is 0 Å². The van der Waals surface area contributed by atoms with Crippen LogP contribution in [-0.2, 0) is 10.3 Å². The van der Waals surface area contributed by atoms with Gasteiger partial charge in [-0.05, 0) is 22.3 Å². The summed E-state index contributed by atoms with van der Waals surface area (Å²) in [5, 5.41) is 8.92. The third-order valence-corrected chi connectivity index (χ3v) is 3.01. The maximum absolute atomic E-state index is 10.3. The van der Waals surface area contributed by atoms with Gasteiger partial charge in [-0.25, -0.2) is 0 Å². The SMILES string of the molecule is O=[P+](O)SCc1ccc(O)cc1. The number of phenols is 1. The maximum atomic E-state index is 10.3. The first kappa shape index (κ1) is 9.52. The van der Waals surface area contributed by atoms with Gasteiger partial charge in [-0.2, -0.15) is 4.89 Å². The molecule has 1 rings (SSSR count). The molecule has 1 aromatic rings.